The normalized spacial score (nSPS) is 28.1. The number of hydrogen-bond donors (Lipinski definition) is 2. The Morgan fingerprint density at radius 1 is 1.35 bits per heavy atom. The number of nitrogens with zero attached hydrogens (tertiary/aromatic N) is 1. The zero-order chi connectivity index (χ0) is 14.4. The molecule has 20 heavy (non-hydrogen) atoms. The highest BCUT2D eigenvalue weighted by molar-refractivity contribution is 7.89. The van der Waals surface area contributed by atoms with Gasteiger partial charge >= 0.3 is 0 Å². The number of nitro groups is 1. The Balaban J connectivity index is 1.69. The summed E-state index contributed by atoms with van der Waals surface area (Å²) in [4.78, 5) is 10.0. The summed E-state index contributed by atoms with van der Waals surface area (Å²) in [5.74, 6) is 0.680. The molecule has 2 bridgehead atoms. The third kappa shape index (κ3) is 2.30. The summed E-state index contributed by atoms with van der Waals surface area (Å²) in [6.45, 7) is 1.32. The molecule has 2 saturated heterocycles. The van der Waals surface area contributed by atoms with Crippen LogP contribution in [0.2, 0.25) is 0 Å². The summed E-state index contributed by atoms with van der Waals surface area (Å²) in [7, 11) is -3.62. The predicted octanol–water partition coefficient (Wildman–Crippen LogP) is 0.625. The molecule has 3 fully saturated rings. The van der Waals surface area contributed by atoms with Crippen molar-refractivity contribution in [2.75, 3.05) is 13.1 Å². The molecule has 3 aliphatic rings. The van der Waals surface area contributed by atoms with Crippen molar-refractivity contribution in [2.24, 2.45) is 5.92 Å². The second kappa shape index (κ2) is 4.51. The Labute approximate surface area is 116 Å². The molecule has 0 unspecified atom stereocenters. The van der Waals surface area contributed by atoms with Gasteiger partial charge in [0.25, 0.3) is 5.69 Å². The number of non-ortho nitro benzene ring substituents is 1. The lowest BCUT2D eigenvalue weighted by Gasteiger charge is -2.37. The molecule has 0 atom stereocenters. The number of fused-ring (bicyclic) bond motifs is 1. The third-order valence-electron chi connectivity index (χ3n) is 4.08. The first-order valence-corrected chi connectivity index (χ1v) is 7.88. The zero-order valence-electron chi connectivity index (χ0n) is 10.7. The lowest BCUT2D eigenvalue weighted by Crippen LogP contribution is -2.52. The molecular weight excluding hydrogens is 282 g/mol. The van der Waals surface area contributed by atoms with Crippen LogP contribution in [0.1, 0.15) is 12.8 Å². The monoisotopic (exact) mass is 297 g/mol. The zero-order valence-corrected chi connectivity index (χ0v) is 11.5. The molecular formula is C12H15N3O4S. The van der Waals surface area contributed by atoms with Gasteiger partial charge in [-0.1, -0.05) is 0 Å². The molecule has 1 aromatic rings. The smallest absolute Gasteiger partial charge is 0.269 e. The average Bonchev–Trinajstić information content (AvgIpc) is 2.96. The molecule has 0 radical (unpaired) electrons. The molecule has 7 nitrogen and oxygen atoms in total. The molecule has 2 heterocycles. The molecule has 1 saturated carbocycles. The van der Waals surface area contributed by atoms with Crippen LogP contribution in [0, 0.1) is 16.0 Å². The van der Waals surface area contributed by atoms with Gasteiger partial charge in [0.15, 0.2) is 0 Å². The fraction of sp³-hybridized carbons (Fsp3) is 0.500. The van der Waals surface area contributed by atoms with Crippen LogP contribution in [0.15, 0.2) is 29.2 Å². The number of nitro benzene ring substituents is 1. The van der Waals surface area contributed by atoms with E-state index in [-0.39, 0.29) is 16.1 Å². The fourth-order valence-electron chi connectivity index (χ4n) is 2.97. The van der Waals surface area contributed by atoms with E-state index in [2.05, 4.69) is 10.0 Å². The molecule has 0 spiro atoms. The van der Waals surface area contributed by atoms with Gasteiger partial charge in [0.1, 0.15) is 0 Å². The Morgan fingerprint density at radius 3 is 2.50 bits per heavy atom. The van der Waals surface area contributed by atoms with Crippen LogP contribution in [0.3, 0.4) is 0 Å². The van der Waals surface area contributed by atoms with Gasteiger partial charge in [0.2, 0.25) is 10.0 Å². The maximum absolute atomic E-state index is 12.1. The van der Waals surface area contributed by atoms with Gasteiger partial charge in [-0.05, 0) is 37.4 Å². The van der Waals surface area contributed by atoms with Gasteiger partial charge in [0.05, 0.1) is 9.82 Å². The fourth-order valence-corrected chi connectivity index (χ4v) is 4.09. The minimum absolute atomic E-state index is 0.0494. The van der Waals surface area contributed by atoms with Gasteiger partial charge in [0, 0.05) is 24.2 Å². The van der Waals surface area contributed by atoms with Crippen molar-refractivity contribution in [3.05, 3.63) is 34.4 Å². The molecule has 1 aromatic carbocycles. The summed E-state index contributed by atoms with van der Waals surface area (Å²) >= 11 is 0. The van der Waals surface area contributed by atoms with Crippen LogP contribution < -0.4 is 10.0 Å². The molecule has 0 aromatic heterocycles. The molecule has 1 aliphatic carbocycles. The second-order valence-corrected chi connectivity index (χ2v) is 7.28. The Kier molecular flexibility index (Phi) is 3.03. The summed E-state index contributed by atoms with van der Waals surface area (Å²) < 4.78 is 26.8. The van der Waals surface area contributed by atoms with Crippen molar-refractivity contribution < 1.29 is 13.3 Å². The van der Waals surface area contributed by atoms with Crippen molar-refractivity contribution in [2.45, 2.75) is 23.3 Å². The number of benzene rings is 1. The van der Waals surface area contributed by atoms with E-state index in [1.54, 1.807) is 0 Å². The summed E-state index contributed by atoms with van der Waals surface area (Å²) in [6.07, 6.45) is 2.02. The Hall–Kier alpha value is -1.51. The van der Waals surface area contributed by atoms with E-state index in [4.69, 9.17) is 0 Å². The first-order chi connectivity index (χ1) is 9.40. The Bertz CT molecular complexity index is 630. The van der Waals surface area contributed by atoms with E-state index in [0.29, 0.717) is 12.5 Å². The van der Waals surface area contributed by atoms with E-state index in [1.807, 2.05) is 0 Å². The van der Waals surface area contributed by atoms with E-state index in [1.165, 1.54) is 24.3 Å². The third-order valence-corrected chi connectivity index (χ3v) is 5.50. The lowest BCUT2D eigenvalue weighted by molar-refractivity contribution is -0.384. The SMILES string of the molecule is O=[N+]([O-])c1ccc(S(=O)(=O)NCC23CC(CN2)C3)cc1. The van der Waals surface area contributed by atoms with Crippen molar-refractivity contribution in [1.82, 2.24) is 10.0 Å². The summed E-state index contributed by atoms with van der Waals surface area (Å²) in [5, 5.41) is 13.9. The standard InChI is InChI=1S/C12H15N3O4S/c16-15(17)10-1-3-11(4-2-10)20(18,19)14-8-12-5-9(6-12)7-13-12/h1-4,9,13-14H,5-8H2. The van der Waals surface area contributed by atoms with Gasteiger partial charge in [-0.15, -0.1) is 0 Å². The molecule has 4 rings (SSSR count). The van der Waals surface area contributed by atoms with Gasteiger partial charge in [-0.25, -0.2) is 13.1 Å². The van der Waals surface area contributed by atoms with Crippen LogP contribution in [0.5, 0.6) is 0 Å². The summed E-state index contributed by atoms with van der Waals surface area (Å²) in [6, 6.07) is 4.90. The van der Waals surface area contributed by atoms with E-state index < -0.39 is 14.9 Å². The average molecular weight is 297 g/mol. The number of sulfonamides is 1. The van der Waals surface area contributed by atoms with E-state index in [9.17, 15) is 18.5 Å². The first kappa shape index (κ1) is 13.5. The maximum atomic E-state index is 12.1. The molecule has 0 amide bonds. The number of nitrogens with one attached hydrogen (secondary N) is 2. The van der Waals surface area contributed by atoms with Crippen LogP contribution in [-0.2, 0) is 10.0 Å². The van der Waals surface area contributed by atoms with Crippen LogP contribution in [0.4, 0.5) is 5.69 Å². The van der Waals surface area contributed by atoms with Crippen molar-refractivity contribution in [3.8, 4) is 0 Å². The second-order valence-electron chi connectivity index (χ2n) is 5.51. The topological polar surface area (TPSA) is 101 Å². The minimum Gasteiger partial charge on any atom is -0.310 e. The molecule has 2 aliphatic heterocycles. The molecule has 108 valence electrons. The molecule has 2 N–H and O–H groups in total. The highest BCUT2D eigenvalue weighted by Gasteiger charge is 2.50. The largest absolute Gasteiger partial charge is 0.310 e. The highest BCUT2D eigenvalue weighted by Crippen LogP contribution is 2.43. The first-order valence-electron chi connectivity index (χ1n) is 6.39. The quantitative estimate of drug-likeness (QED) is 0.613. The van der Waals surface area contributed by atoms with Crippen LogP contribution >= 0.6 is 0 Å². The number of rotatable bonds is 5. The van der Waals surface area contributed by atoms with Crippen molar-refractivity contribution >= 4 is 15.7 Å². The van der Waals surface area contributed by atoms with Crippen molar-refractivity contribution in [3.63, 3.8) is 0 Å². The summed E-state index contributed by atoms with van der Waals surface area (Å²) in [5.41, 5.74) is -0.208. The van der Waals surface area contributed by atoms with E-state index in [0.717, 1.165) is 19.4 Å². The Morgan fingerprint density at radius 2 is 2.00 bits per heavy atom. The van der Waals surface area contributed by atoms with E-state index >= 15 is 0 Å². The minimum atomic E-state index is -3.62. The maximum Gasteiger partial charge on any atom is 0.269 e. The van der Waals surface area contributed by atoms with Gasteiger partial charge < -0.3 is 5.32 Å². The van der Waals surface area contributed by atoms with Gasteiger partial charge in [-0.3, -0.25) is 10.1 Å². The van der Waals surface area contributed by atoms with Crippen LogP contribution in [-0.4, -0.2) is 32.0 Å². The number of hydrogen-bond acceptors (Lipinski definition) is 5. The highest BCUT2D eigenvalue weighted by atomic mass is 32.2. The van der Waals surface area contributed by atoms with Crippen LogP contribution in [0.25, 0.3) is 0 Å². The predicted molar refractivity (Wildman–Crippen MR) is 71.7 cm³/mol. The molecule has 8 heteroatoms. The lowest BCUT2D eigenvalue weighted by atomic mass is 9.74. The van der Waals surface area contributed by atoms with Crippen molar-refractivity contribution in [1.29, 1.82) is 0 Å². The van der Waals surface area contributed by atoms with Gasteiger partial charge in [-0.2, -0.15) is 0 Å².